The van der Waals surface area contributed by atoms with Crippen LogP contribution in [0.1, 0.15) is 45.4 Å². The minimum absolute atomic E-state index is 0.488. The summed E-state index contributed by atoms with van der Waals surface area (Å²) in [6, 6.07) is 0.488. The molecule has 2 fully saturated rings. The topological polar surface area (TPSA) is 47.3 Å². The van der Waals surface area contributed by atoms with E-state index in [0.717, 1.165) is 18.4 Å². The largest absolute Gasteiger partial charge is 0.378 e. The summed E-state index contributed by atoms with van der Waals surface area (Å²) in [4.78, 5) is 0. The fourth-order valence-electron chi connectivity index (χ4n) is 2.69. The summed E-state index contributed by atoms with van der Waals surface area (Å²) in [6.07, 6.45) is 8.13. The predicted octanol–water partition coefficient (Wildman–Crippen LogP) is 1.82. The molecule has 1 heterocycles. The van der Waals surface area contributed by atoms with Crippen molar-refractivity contribution in [2.24, 2.45) is 17.7 Å². The van der Waals surface area contributed by atoms with Crippen molar-refractivity contribution in [3.8, 4) is 0 Å². The maximum atomic E-state index is 5.64. The number of hydrogen-bond acceptors (Lipinski definition) is 3. The second-order valence-electron chi connectivity index (χ2n) is 5.18. The second-order valence-corrected chi connectivity index (χ2v) is 5.18. The molecule has 3 nitrogen and oxygen atoms in total. The van der Waals surface area contributed by atoms with Crippen molar-refractivity contribution in [2.45, 2.75) is 57.6 Å². The van der Waals surface area contributed by atoms with Crippen molar-refractivity contribution in [3.63, 3.8) is 0 Å². The van der Waals surface area contributed by atoms with E-state index in [9.17, 15) is 0 Å². The van der Waals surface area contributed by atoms with Gasteiger partial charge in [-0.25, -0.2) is 0 Å². The Morgan fingerprint density at radius 3 is 2.73 bits per heavy atom. The lowest BCUT2D eigenvalue weighted by atomic mass is 9.92. The number of hydrogen-bond donors (Lipinski definition) is 2. The van der Waals surface area contributed by atoms with E-state index in [1.165, 1.54) is 38.5 Å². The van der Waals surface area contributed by atoms with Crippen LogP contribution in [0.2, 0.25) is 0 Å². The number of hydrazine groups is 1. The van der Waals surface area contributed by atoms with E-state index in [-0.39, 0.29) is 0 Å². The summed E-state index contributed by atoms with van der Waals surface area (Å²) in [5.41, 5.74) is 2.99. The summed E-state index contributed by atoms with van der Waals surface area (Å²) < 4.78 is 5.64. The predicted molar refractivity (Wildman–Crippen MR) is 61.2 cm³/mol. The van der Waals surface area contributed by atoms with Crippen LogP contribution in [0, 0.1) is 11.8 Å². The molecule has 0 amide bonds. The standard InChI is InChI=1S/C12H24N2O/c1-9(10-4-5-10)12(14-13)7-6-11-3-2-8-15-11/h9-12,14H,2-8,13H2,1H3. The normalized spacial score (nSPS) is 30.4. The van der Waals surface area contributed by atoms with Crippen LogP contribution in [0.5, 0.6) is 0 Å². The van der Waals surface area contributed by atoms with E-state index in [0.29, 0.717) is 12.1 Å². The molecule has 2 aliphatic rings. The molecule has 2 rings (SSSR count). The van der Waals surface area contributed by atoms with Gasteiger partial charge in [-0.3, -0.25) is 11.3 Å². The van der Waals surface area contributed by atoms with Crippen molar-refractivity contribution < 1.29 is 4.74 Å². The fraction of sp³-hybridized carbons (Fsp3) is 1.00. The molecule has 0 radical (unpaired) electrons. The van der Waals surface area contributed by atoms with Crippen LogP contribution in [0.4, 0.5) is 0 Å². The van der Waals surface area contributed by atoms with Crippen LogP contribution in [0.25, 0.3) is 0 Å². The van der Waals surface area contributed by atoms with Gasteiger partial charge in [0.1, 0.15) is 0 Å². The van der Waals surface area contributed by atoms with Crippen LogP contribution in [-0.4, -0.2) is 18.8 Å². The molecule has 3 N–H and O–H groups in total. The van der Waals surface area contributed by atoms with Gasteiger partial charge in [0.2, 0.25) is 0 Å². The zero-order valence-corrected chi connectivity index (χ0v) is 9.74. The zero-order chi connectivity index (χ0) is 10.7. The average molecular weight is 212 g/mol. The van der Waals surface area contributed by atoms with Crippen LogP contribution in [0.15, 0.2) is 0 Å². The summed E-state index contributed by atoms with van der Waals surface area (Å²) in [5.74, 6) is 7.29. The fourth-order valence-corrected chi connectivity index (χ4v) is 2.69. The third-order valence-electron chi connectivity index (χ3n) is 4.04. The van der Waals surface area contributed by atoms with E-state index >= 15 is 0 Å². The molecule has 1 saturated heterocycles. The zero-order valence-electron chi connectivity index (χ0n) is 9.74. The van der Waals surface area contributed by atoms with Crippen LogP contribution in [-0.2, 0) is 4.74 Å². The monoisotopic (exact) mass is 212 g/mol. The lowest BCUT2D eigenvalue weighted by Gasteiger charge is -2.24. The van der Waals surface area contributed by atoms with E-state index < -0.39 is 0 Å². The molecule has 3 heteroatoms. The van der Waals surface area contributed by atoms with Crippen LogP contribution < -0.4 is 11.3 Å². The average Bonchev–Trinajstić information content (AvgIpc) is 2.97. The first-order chi connectivity index (χ1) is 7.31. The molecule has 3 unspecified atom stereocenters. The van der Waals surface area contributed by atoms with Gasteiger partial charge in [-0.2, -0.15) is 0 Å². The quantitative estimate of drug-likeness (QED) is 0.521. The third kappa shape index (κ3) is 3.16. The minimum Gasteiger partial charge on any atom is -0.378 e. The lowest BCUT2D eigenvalue weighted by Crippen LogP contribution is -2.41. The van der Waals surface area contributed by atoms with Gasteiger partial charge in [-0.15, -0.1) is 0 Å². The first kappa shape index (κ1) is 11.4. The Morgan fingerprint density at radius 1 is 1.40 bits per heavy atom. The number of ether oxygens (including phenoxy) is 1. The minimum atomic E-state index is 0.488. The molecule has 1 aliphatic heterocycles. The van der Waals surface area contributed by atoms with E-state index in [1.54, 1.807) is 0 Å². The third-order valence-corrected chi connectivity index (χ3v) is 4.04. The Hall–Kier alpha value is -0.120. The molecule has 1 saturated carbocycles. The number of nitrogens with one attached hydrogen (secondary N) is 1. The smallest absolute Gasteiger partial charge is 0.0576 e. The van der Waals surface area contributed by atoms with Crippen molar-refractivity contribution >= 4 is 0 Å². The summed E-state index contributed by atoms with van der Waals surface area (Å²) in [7, 11) is 0. The molecule has 0 aromatic carbocycles. The Labute approximate surface area is 92.7 Å². The second kappa shape index (κ2) is 5.28. The number of nitrogens with two attached hydrogens (primary N) is 1. The van der Waals surface area contributed by atoms with Gasteiger partial charge >= 0.3 is 0 Å². The molecular weight excluding hydrogens is 188 g/mol. The maximum Gasteiger partial charge on any atom is 0.0576 e. The van der Waals surface area contributed by atoms with Gasteiger partial charge in [0, 0.05) is 12.6 Å². The lowest BCUT2D eigenvalue weighted by molar-refractivity contribution is 0.0969. The molecule has 0 spiro atoms. The summed E-state index contributed by atoms with van der Waals surface area (Å²) in [5, 5.41) is 0. The summed E-state index contributed by atoms with van der Waals surface area (Å²) >= 11 is 0. The van der Waals surface area contributed by atoms with Gasteiger partial charge in [0.05, 0.1) is 6.10 Å². The summed E-state index contributed by atoms with van der Waals surface area (Å²) in [6.45, 7) is 3.29. The van der Waals surface area contributed by atoms with Crippen LogP contribution in [0.3, 0.4) is 0 Å². The van der Waals surface area contributed by atoms with Gasteiger partial charge in [0.25, 0.3) is 0 Å². The van der Waals surface area contributed by atoms with Crippen molar-refractivity contribution in [1.82, 2.24) is 5.43 Å². The Bertz CT molecular complexity index is 188. The maximum absolute atomic E-state index is 5.64. The molecule has 0 bridgehead atoms. The molecule has 88 valence electrons. The van der Waals surface area contributed by atoms with Gasteiger partial charge in [-0.1, -0.05) is 6.92 Å². The molecule has 1 aliphatic carbocycles. The van der Waals surface area contributed by atoms with Crippen molar-refractivity contribution in [1.29, 1.82) is 0 Å². The van der Waals surface area contributed by atoms with Crippen molar-refractivity contribution in [2.75, 3.05) is 6.61 Å². The first-order valence-electron chi connectivity index (χ1n) is 6.39. The van der Waals surface area contributed by atoms with E-state index in [2.05, 4.69) is 12.3 Å². The molecular formula is C12H24N2O. The van der Waals surface area contributed by atoms with Crippen molar-refractivity contribution in [3.05, 3.63) is 0 Å². The highest BCUT2D eigenvalue weighted by molar-refractivity contribution is 4.86. The molecule has 0 aromatic heterocycles. The highest BCUT2D eigenvalue weighted by Gasteiger charge is 2.33. The Kier molecular flexibility index (Phi) is 4.00. The molecule has 15 heavy (non-hydrogen) atoms. The first-order valence-corrected chi connectivity index (χ1v) is 6.39. The molecule has 3 atom stereocenters. The van der Waals surface area contributed by atoms with Gasteiger partial charge < -0.3 is 4.74 Å². The van der Waals surface area contributed by atoms with Gasteiger partial charge in [-0.05, 0) is 50.4 Å². The molecule has 0 aromatic rings. The highest BCUT2D eigenvalue weighted by atomic mass is 16.5. The Morgan fingerprint density at radius 2 is 2.20 bits per heavy atom. The Balaban J connectivity index is 1.69. The van der Waals surface area contributed by atoms with Crippen LogP contribution >= 0.6 is 0 Å². The SMILES string of the molecule is CC(C1CC1)C(CCC1CCCO1)NN. The van der Waals surface area contributed by atoms with E-state index in [4.69, 9.17) is 10.6 Å². The highest BCUT2D eigenvalue weighted by Crippen LogP contribution is 2.39. The number of rotatable bonds is 6. The van der Waals surface area contributed by atoms with Gasteiger partial charge in [0.15, 0.2) is 0 Å². The van der Waals surface area contributed by atoms with E-state index in [1.807, 2.05) is 0 Å².